The molecule has 0 amide bonds. The van der Waals surface area contributed by atoms with E-state index in [1.807, 2.05) is 30.1 Å². The number of nitrogens with zero attached hydrogens (tertiary/aromatic N) is 2. The lowest BCUT2D eigenvalue weighted by molar-refractivity contribution is 0.385. The van der Waals surface area contributed by atoms with Crippen LogP contribution in [0.25, 0.3) is 0 Å². The summed E-state index contributed by atoms with van der Waals surface area (Å²) in [4.78, 5) is 1.98. The van der Waals surface area contributed by atoms with Crippen LogP contribution >= 0.6 is 11.6 Å². The van der Waals surface area contributed by atoms with Crippen molar-refractivity contribution >= 4 is 23.1 Å². The number of hydrogen-bond donors (Lipinski definition) is 1. The van der Waals surface area contributed by atoms with Gasteiger partial charge in [-0.1, -0.05) is 16.8 Å². The summed E-state index contributed by atoms with van der Waals surface area (Å²) in [6.07, 6.45) is 0. The molecule has 2 rings (SSSR count). The molecule has 2 aromatic rings. The zero-order valence-electron chi connectivity index (χ0n) is 10.2. The van der Waals surface area contributed by atoms with Crippen molar-refractivity contribution in [2.75, 3.05) is 24.8 Å². The largest absolute Gasteiger partial charge is 0.495 e. The first-order valence-electron chi connectivity index (χ1n) is 5.36. The summed E-state index contributed by atoms with van der Waals surface area (Å²) in [5, 5.41) is 4.21. The van der Waals surface area contributed by atoms with Crippen molar-refractivity contribution in [2.24, 2.45) is 0 Å². The average Bonchev–Trinajstić information content (AvgIpc) is 2.74. The van der Waals surface area contributed by atoms with Gasteiger partial charge in [-0.3, -0.25) is 0 Å². The molecule has 18 heavy (non-hydrogen) atoms. The molecule has 0 aliphatic rings. The van der Waals surface area contributed by atoms with Crippen LogP contribution in [-0.2, 0) is 6.54 Å². The highest BCUT2D eigenvalue weighted by Crippen LogP contribution is 2.29. The molecular formula is C12H14ClN3O2. The Balaban J connectivity index is 2.13. The predicted octanol–water partition coefficient (Wildman–Crippen LogP) is 2.56. The highest BCUT2D eigenvalue weighted by molar-refractivity contribution is 6.32. The zero-order valence-corrected chi connectivity index (χ0v) is 10.9. The molecule has 1 heterocycles. The number of nitrogens with two attached hydrogens (primary N) is 1. The van der Waals surface area contributed by atoms with Crippen molar-refractivity contribution in [3.8, 4) is 5.75 Å². The molecule has 2 N–H and O–H groups in total. The lowest BCUT2D eigenvalue weighted by Gasteiger charge is -2.18. The smallest absolute Gasteiger partial charge is 0.167 e. The number of halogens is 1. The topological polar surface area (TPSA) is 64.5 Å². The number of nitrogen functional groups attached to an aromatic ring is 1. The molecule has 5 nitrogen and oxygen atoms in total. The number of aromatic nitrogens is 1. The summed E-state index contributed by atoms with van der Waals surface area (Å²) in [6, 6.07) is 7.27. The van der Waals surface area contributed by atoms with Gasteiger partial charge in [0.05, 0.1) is 18.7 Å². The van der Waals surface area contributed by atoms with Crippen molar-refractivity contribution in [2.45, 2.75) is 6.54 Å². The summed E-state index contributed by atoms with van der Waals surface area (Å²) in [7, 11) is 3.51. The molecule has 0 atom stereocenters. The van der Waals surface area contributed by atoms with Gasteiger partial charge in [-0.25, -0.2) is 0 Å². The molecule has 0 radical (unpaired) electrons. The first-order valence-corrected chi connectivity index (χ1v) is 5.73. The molecule has 0 unspecified atom stereocenters. The maximum absolute atomic E-state index is 6.07. The maximum Gasteiger partial charge on any atom is 0.167 e. The Morgan fingerprint density at radius 1 is 1.44 bits per heavy atom. The number of methoxy groups -OCH3 is 1. The van der Waals surface area contributed by atoms with Gasteiger partial charge in [-0.05, 0) is 18.2 Å². The monoisotopic (exact) mass is 267 g/mol. The number of anilines is 2. The fraction of sp³-hybridized carbons (Fsp3) is 0.250. The van der Waals surface area contributed by atoms with Crippen molar-refractivity contribution in [3.63, 3.8) is 0 Å². The second-order valence-corrected chi connectivity index (χ2v) is 4.30. The zero-order chi connectivity index (χ0) is 13.1. The standard InChI is InChI=1S/C12H14ClN3O2/c1-16(7-9-6-12(14)15-18-9)8-3-4-11(17-2)10(13)5-8/h3-6H,7H2,1-2H3,(H2,14,15). The van der Waals surface area contributed by atoms with Crippen LogP contribution < -0.4 is 15.4 Å². The molecule has 0 aliphatic carbocycles. The Hall–Kier alpha value is -1.88. The summed E-state index contributed by atoms with van der Waals surface area (Å²) in [5.41, 5.74) is 6.45. The second kappa shape index (κ2) is 5.18. The normalized spacial score (nSPS) is 10.4. The van der Waals surface area contributed by atoms with Crippen LogP contribution in [0.1, 0.15) is 5.76 Å². The van der Waals surface area contributed by atoms with E-state index in [0.29, 0.717) is 28.9 Å². The van der Waals surface area contributed by atoms with Crippen LogP contribution in [0.2, 0.25) is 5.02 Å². The van der Waals surface area contributed by atoms with E-state index in [9.17, 15) is 0 Å². The van der Waals surface area contributed by atoms with E-state index in [1.165, 1.54) is 0 Å². The third-order valence-electron chi connectivity index (χ3n) is 2.55. The second-order valence-electron chi connectivity index (χ2n) is 3.89. The van der Waals surface area contributed by atoms with E-state index in [1.54, 1.807) is 13.2 Å². The van der Waals surface area contributed by atoms with Gasteiger partial charge in [0.1, 0.15) is 5.75 Å². The van der Waals surface area contributed by atoms with E-state index in [2.05, 4.69) is 5.16 Å². The molecule has 0 saturated heterocycles. The van der Waals surface area contributed by atoms with E-state index >= 15 is 0 Å². The summed E-state index contributed by atoms with van der Waals surface area (Å²) >= 11 is 6.07. The van der Waals surface area contributed by atoms with Crippen LogP contribution in [0, 0.1) is 0 Å². The van der Waals surface area contributed by atoms with Gasteiger partial charge in [0.2, 0.25) is 0 Å². The summed E-state index contributed by atoms with van der Waals surface area (Å²) < 4.78 is 10.2. The minimum atomic E-state index is 0.381. The molecule has 6 heteroatoms. The van der Waals surface area contributed by atoms with E-state index in [-0.39, 0.29) is 0 Å². The molecule has 0 spiro atoms. The van der Waals surface area contributed by atoms with Gasteiger partial charge in [0, 0.05) is 18.8 Å². The fourth-order valence-corrected chi connectivity index (χ4v) is 1.87. The lowest BCUT2D eigenvalue weighted by Crippen LogP contribution is -2.15. The quantitative estimate of drug-likeness (QED) is 0.922. The molecular weight excluding hydrogens is 254 g/mol. The van der Waals surface area contributed by atoms with Crippen molar-refractivity contribution in [1.29, 1.82) is 0 Å². The number of ether oxygens (including phenoxy) is 1. The third kappa shape index (κ3) is 2.68. The van der Waals surface area contributed by atoms with Gasteiger partial charge in [0.15, 0.2) is 11.6 Å². The van der Waals surface area contributed by atoms with Gasteiger partial charge in [-0.2, -0.15) is 0 Å². The highest BCUT2D eigenvalue weighted by atomic mass is 35.5. The highest BCUT2D eigenvalue weighted by Gasteiger charge is 2.09. The number of benzene rings is 1. The molecule has 96 valence electrons. The third-order valence-corrected chi connectivity index (χ3v) is 2.84. The minimum absolute atomic E-state index is 0.381. The predicted molar refractivity (Wildman–Crippen MR) is 71.0 cm³/mol. The van der Waals surface area contributed by atoms with Crippen LogP contribution in [-0.4, -0.2) is 19.3 Å². The van der Waals surface area contributed by atoms with Crippen LogP contribution in [0.3, 0.4) is 0 Å². The first kappa shape index (κ1) is 12.6. The molecule has 1 aromatic carbocycles. The number of rotatable bonds is 4. The van der Waals surface area contributed by atoms with Gasteiger partial charge in [-0.15, -0.1) is 0 Å². The van der Waals surface area contributed by atoms with Crippen molar-refractivity contribution in [3.05, 3.63) is 35.0 Å². The number of hydrogen-bond acceptors (Lipinski definition) is 5. The lowest BCUT2D eigenvalue weighted by atomic mass is 10.2. The van der Waals surface area contributed by atoms with E-state index in [4.69, 9.17) is 26.6 Å². The fourth-order valence-electron chi connectivity index (χ4n) is 1.62. The first-order chi connectivity index (χ1) is 8.60. The van der Waals surface area contributed by atoms with Crippen LogP contribution in [0.4, 0.5) is 11.5 Å². The van der Waals surface area contributed by atoms with Gasteiger partial charge < -0.3 is 19.9 Å². The SMILES string of the molecule is COc1ccc(N(C)Cc2cc(N)no2)cc1Cl. The molecule has 0 fully saturated rings. The van der Waals surface area contributed by atoms with Crippen LogP contribution in [0.5, 0.6) is 5.75 Å². The van der Waals surface area contributed by atoms with Gasteiger partial charge >= 0.3 is 0 Å². The maximum atomic E-state index is 6.07. The van der Waals surface area contributed by atoms with Crippen molar-refractivity contribution < 1.29 is 9.26 Å². The van der Waals surface area contributed by atoms with Gasteiger partial charge in [0.25, 0.3) is 0 Å². The van der Waals surface area contributed by atoms with E-state index < -0.39 is 0 Å². The Morgan fingerprint density at radius 2 is 2.22 bits per heavy atom. The average molecular weight is 268 g/mol. The Kier molecular flexibility index (Phi) is 3.62. The minimum Gasteiger partial charge on any atom is -0.495 e. The Morgan fingerprint density at radius 3 is 2.78 bits per heavy atom. The van der Waals surface area contributed by atoms with E-state index in [0.717, 1.165) is 5.69 Å². The molecule has 0 aliphatic heterocycles. The molecule has 0 bridgehead atoms. The van der Waals surface area contributed by atoms with Crippen molar-refractivity contribution in [1.82, 2.24) is 5.16 Å². The summed E-state index contributed by atoms with van der Waals surface area (Å²) in [6.45, 7) is 0.562. The van der Waals surface area contributed by atoms with Crippen LogP contribution in [0.15, 0.2) is 28.8 Å². The Labute approximate surface area is 110 Å². The Bertz CT molecular complexity index is 542. The molecule has 0 saturated carbocycles. The molecule has 1 aromatic heterocycles. The summed E-state index contributed by atoms with van der Waals surface area (Å²) in [5.74, 6) is 1.73.